The second-order valence-electron chi connectivity index (χ2n) is 10.4. The van der Waals surface area contributed by atoms with Crippen molar-refractivity contribution in [3.63, 3.8) is 0 Å². The predicted molar refractivity (Wildman–Crippen MR) is 139 cm³/mol. The fraction of sp³-hybridized carbons (Fsp3) is 0.536. The number of para-hydroxylation sites is 1. The van der Waals surface area contributed by atoms with E-state index in [1.165, 1.54) is 11.6 Å². The summed E-state index contributed by atoms with van der Waals surface area (Å²) >= 11 is 0. The number of benzene rings is 1. The van der Waals surface area contributed by atoms with Crippen molar-refractivity contribution < 1.29 is 23.9 Å². The van der Waals surface area contributed by atoms with Crippen LogP contribution in [0.2, 0.25) is 18.1 Å². The van der Waals surface area contributed by atoms with Gasteiger partial charge in [-0.3, -0.25) is 9.59 Å². The maximum absolute atomic E-state index is 12.5. The van der Waals surface area contributed by atoms with Crippen LogP contribution in [0, 0.1) is 5.92 Å². The first-order chi connectivity index (χ1) is 16.0. The lowest BCUT2D eigenvalue weighted by Crippen LogP contribution is -2.45. The highest BCUT2D eigenvalue weighted by Crippen LogP contribution is 2.38. The van der Waals surface area contributed by atoms with Gasteiger partial charge in [-0.2, -0.15) is 0 Å². The van der Waals surface area contributed by atoms with Gasteiger partial charge < -0.3 is 14.3 Å². The molecular formula is C28H40O5Si. The number of Topliss-reactive ketones (excluding diaryl/α,β-unsaturated/α-hetero) is 1. The van der Waals surface area contributed by atoms with Crippen LogP contribution in [-0.2, 0) is 14.0 Å². The zero-order chi connectivity index (χ0) is 25.2. The Morgan fingerprint density at radius 3 is 2.59 bits per heavy atom. The molecule has 34 heavy (non-hydrogen) atoms. The van der Waals surface area contributed by atoms with E-state index in [4.69, 9.17) is 14.3 Å². The maximum atomic E-state index is 12.5. The van der Waals surface area contributed by atoms with E-state index >= 15 is 0 Å². The molecule has 1 aromatic rings. The molecule has 0 saturated carbocycles. The van der Waals surface area contributed by atoms with E-state index in [2.05, 4.69) is 45.7 Å². The van der Waals surface area contributed by atoms with Gasteiger partial charge in [-0.05, 0) is 68.1 Å². The Balaban J connectivity index is 1.99. The zero-order valence-corrected chi connectivity index (χ0v) is 22.3. The fourth-order valence-corrected chi connectivity index (χ4v) is 5.08. The number of rotatable bonds is 13. The number of ketones is 1. The molecule has 0 fully saturated rings. The molecule has 6 heteroatoms. The van der Waals surface area contributed by atoms with E-state index in [9.17, 15) is 9.59 Å². The molecule has 0 aromatic heterocycles. The van der Waals surface area contributed by atoms with Crippen molar-refractivity contribution in [3.05, 3.63) is 59.9 Å². The molecule has 2 atom stereocenters. The number of hydrogen-bond acceptors (Lipinski definition) is 4. The van der Waals surface area contributed by atoms with Crippen LogP contribution in [0.3, 0.4) is 0 Å². The summed E-state index contributed by atoms with van der Waals surface area (Å²) in [6.07, 6.45) is 8.87. The van der Waals surface area contributed by atoms with Crippen LogP contribution < -0.4 is 4.74 Å². The topological polar surface area (TPSA) is 72.8 Å². The van der Waals surface area contributed by atoms with Crippen LogP contribution in [-0.4, -0.2) is 37.9 Å². The van der Waals surface area contributed by atoms with E-state index < -0.39 is 14.3 Å². The molecule has 1 aromatic carbocycles. The number of ether oxygens (including phenoxy) is 1. The summed E-state index contributed by atoms with van der Waals surface area (Å²) in [5.41, 5.74) is 4.09. The average Bonchev–Trinajstić information content (AvgIpc) is 3.11. The maximum Gasteiger partial charge on any atom is 0.307 e. The number of hydrogen-bond donors (Lipinski definition) is 1. The van der Waals surface area contributed by atoms with E-state index in [1.807, 2.05) is 36.4 Å². The minimum Gasteiger partial charge on any atom is -0.491 e. The summed E-state index contributed by atoms with van der Waals surface area (Å²) in [5.74, 6) is 0.159. The van der Waals surface area contributed by atoms with Gasteiger partial charge >= 0.3 is 5.97 Å². The number of allylic oxidation sites excluding steroid dienone is 2. The van der Waals surface area contributed by atoms with Crippen molar-refractivity contribution in [3.8, 4) is 5.75 Å². The highest BCUT2D eigenvalue weighted by Gasteiger charge is 2.39. The number of carbonyl (C=O) groups is 2. The average molecular weight is 485 g/mol. The van der Waals surface area contributed by atoms with Crippen LogP contribution >= 0.6 is 0 Å². The highest BCUT2D eigenvalue weighted by atomic mass is 28.4. The standard InChI is InChI=1S/C28H40O5Si/c1-28(2,3)34(4,5)33-24(21-32-23-13-9-8-10-14-23)19-17-22-18-20-26(29)25(22)15-11-6-7-12-16-27(30)31/h6,8-10,12-14,18,24-25H,11,15-17,19-21H2,1-5H3,(H,30,31)/t7?,24-,25-/m1/s1. The van der Waals surface area contributed by atoms with E-state index in [-0.39, 0.29) is 29.3 Å². The lowest BCUT2D eigenvalue weighted by atomic mass is 9.91. The van der Waals surface area contributed by atoms with E-state index in [0.29, 0.717) is 19.4 Å². The molecule has 0 radical (unpaired) electrons. The molecular weight excluding hydrogens is 444 g/mol. The van der Waals surface area contributed by atoms with Gasteiger partial charge in [-0.1, -0.05) is 50.6 Å². The Hall–Kier alpha value is -2.40. The Bertz CT molecular complexity index is 904. The number of aliphatic carboxylic acids is 1. The van der Waals surface area contributed by atoms with Gasteiger partial charge in [-0.15, -0.1) is 5.73 Å². The molecule has 0 unspecified atom stereocenters. The third-order valence-electron chi connectivity index (χ3n) is 6.72. The van der Waals surface area contributed by atoms with Crippen LogP contribution in [0.1, 0.15) is 59.3 Å². The Morgan fingerprint density at radius 1 is 1.24 bits per heavy atom. The van der Waals surface area contributed by atoms with Crippen LogP contribution in [0.25, 0.3) is 0 Å². The Labute approximate surface area is 205 Å². The normalized spacial score (nSPS) is 17.0. The first-order valence-electron chi connectivity index (χ1n) is 12.2. The molecule has 0 saturated heterocycles. The summed E-state index contributed by atoms with van der Waals surface area (Å²) in [6.45, 7) is 11.7. The van der Waals surface area contributed by atoms with Gasteiger partial charge in [0, 0.05) is 12.3 Å². The van der Waals surface area contributed by atoms with Crippen molar-refractivity contribution in [1.82, 2.24) is 0 Å². The minimum absolute atomic E-state index is 0.0370. The van der Waals surface area contributed by atoms with Gasteiger partial charge in [0.1, 0.15) is 18.1 Å². The molecule has 5 nitrogen and oxygen atoms in total. The Kier molecular flexibility index (Phi) is 10.6. The molecule has 186 valence electrons. The van der Waals surface area contributed by atoms with Gasteiger partial charge in [0.25, 0.3) is 0 Å². The lowest BCUT2D eigenvalue weighted by Gasteiger charge is -2.39. The molecule has 2 rings (SSSR count). The molecule has 0 spiro atoms. The van der Waals surface area contributed by atoms with Crippen LogP contribution in [0.15, 0.2) is 59.9 Å². The number of carbonyl (C=O) groups excluding carboxylic acids is 1. The quantitative estimate of drug-likeness (QED) is 0.191. The smallest absolute Gasteiger partial charge is 0.307 e. The number of carboxylic acids is 1. The summed E-state index contributed by atoms with van der Waals surface area (Å²) < 4.78 is 12.8. The summed E-state index contributed by atoms with van der Waals surface area (Å²) in [7, 11) is -1.98. The Morgan fingerprint density at radius 2 is 1.94 bits per heavy atom. The van der Waals surface area contributed by atoms with Gasteiger partial charge in [0.15, 0.2) is 8.32 Å². The van der Waals surface area contributed by atoms with Gasteiger partial charge in [-0.25, -0.2) is 0 Å². The molecule has 1 aliphatic carbocycles. The van der Waals surface area contributed by atoms with Crippen molar-refractivity contribution in [2.45, 2.75) is 83.5 Å². The zero-order valence-electron chi connectivity index (χ0n) is 21.3. The SMILES string of the molecule is CC(C)(C)[Si](C)(C)O[C@H](CCC1=CCC(=O)[C@@H]1CCC=C=CCC(=O)O)COc1ccccc1. The minimum atomic E-state index is -1.98. The third kappa shape index (κ3) is 9.09. The summed E-state index contributed by atoms with van der Waals surface area (Å²) in [6, 6.07) is 9.80. The summed E-state index contributed by atoms with van der Waals surface area (Å²) in [5, 5.41) is 8.78. The molecule has 0 heterocycles. The molecule has 0 bridgehead atoms. The monoisotopic (exact) mass is 484 g/mol. The molecule has 1 N–H and O–H groups in total. The van der Waals surface area contributed by atoms with Crippen LogP contribution in [0.4, 0.5) is 0 Å². The summed E-state index contributed by atoms with van der Waals surface area (Å²) in [4.78, 5) is 23.1. The van der Waals surface area contributed by atoms with E-state index in [0.717, 1.165) is 25.0 Å². The second-order valence-corrected chi connectivity index (χ2v) is 15.2. The van der Waals surface area contributed by atoms with Crippen molar-refractivity contribution in [2.24, 2.45) is 5.92 Å². The first-order valence-corrected chi connectivity index (χ1v) is 15.1. The van der Waals surface area contributed by atoms with Gasteiger partial charge in [0.2, 0.25) is 0 Å². The van der Waals surface area contributed by atoms with Gasteiger partial charge in [0.05, 0.1) is 12.5 Å². The fourth-order valence-electron chi connectivity index (χ4n) is 3.71. The lowest BCUT2D eigenvalue weighted by molar-refractivity contribution is -0.136. The molecule has 0 aliphatic heterocycles. The molecule has 0 amide bonds. The molecule has 1 aliphatic rings. The highest BCUT2D eigenvalue weighted by molar-refractivity contribution is 6.74. The van der Waals surface area contributed by atoms with Crippen molar-refractivity contribution >= 4 is 20.1 Å². The third-order valence-corrected chi connectivity index (χ3v) is 11.3. The predicted octanol–water partition coefficient (Wildman–Crippen LogP) is 6.72. The number of carboxylic acid groups (broad SMARTS) is 1. The second kappa shape index (κ2) is 12.9. The largest absolute Gasteiger partial charge is 0.491 e. The van der Waals surface area contributed by atoms with E-state index in [1.54, 1.807) is 0 Å². The van der Waals surface area contributed by atoms with Crippen LogP contribution in [0.5, 0.6) is 5.75 Å². The first kappa shape index (κ1) is 27.8. The van der Waals surface area contributed by atoms with Crippen molar-refractivity contribution in [1.29, 1.82) is 0 Å². The van der Waals surface area contributed by atoms with Crippen molar-refractivity contribution in [2.75, 3.05) is 6.61 Å².